The Balaban J connectivity index is 1.40. The van der Waals surface area contributed by atoms with E-state index in [2.05, 4.69) is 10.6 Å². The van der Waals surface area contributed by atoms with E-state index in [1.807, 2.05) is 60.0 Å². The largest absolute Gasteiger partial charge is 0.376 e. The number of rotatable bonds is 8. The molecular weight excluding hydrogens is 392 g/mol. The lowest BCUT2D eigenvalue weighted by atomic mass is 10.1. The zero-order valence-electron chi connectivity index (χ0n) is 17.8. The molecule has 2 amide bonds. The number of carbonyl (C=O) groups is 2. The molecule has 2 heterocycles. The van der Waals surface area contributed by atoms with Crippen LogP contribution in [0.2, 0.25) is 0 Å². The fourth-order valence-electron chi connectivity index (χ4n) is 3.82. The number of imidazole rings is 1. The van der Waals surface area contributed by atoms with Crippen LogP contribution in [0.15, 0.2) is 48.5 Å². The second kappa shape index (κ2) is 9.75. The highest BCUT2D eigenvalue weighted by Gasteiger charge is 2.18. The molecule has 7 heteroatoms. The van der Waals surface area contributed by atoms with Crippen LogP contribution in [0, 0.1) is 6.92 Å². The summed E-state index contributed by atoms with van der Waals surface area (Å²) < 4.78 is 7.51. The van der Waals surface area contributed by atoms with Gasteiger partial charge in [0.15, 0.2) is 0 Å². The van der Waals surface area contributed by atoms with Gasteiger partial charge in [0.1, 0.15) is 12.4 Å². The number of para-hydroxylation sites is 2. The van der Waals surface area contributed by atoms with Gasteiger partial charge in [-0.05, 0) is 44.0 Å². The topological polar surface area (TPSA) is 85.2 Å². The van der Waals surface area contributed by atoms with E-state index in [-0.39, 0.29) is 24.5 Å². The summed E-state index contributed by atoms with van der Waals surface area (Å²) in [6.45, 7) is 3.92. The molecule has 1 unspecified atom stereocenters. The highest BCUT2D eigenvalue weighted by molar-refractivity contribution is 5.94. The average molecular weight is 421 g/mol. The molecule has 0 bridgehead atoms. The van der Waals surface area contributed by atoms with Gasteiger partial charge in [-0.25, -0.2) is 4.98 Å². The number of aryl methyl sites for hydroxylation is 1. The number of hydrogen-bond donors (Lipinski definition) is 2. The van der Waals surface area contributed by atoms with Crippen molar-refractivity contribution in [3.05, 3.63) is 65.5 Å². The Labute approximate surface area is 181 Å². The first-order chi connectivity index (χ1) is 15.1. The summed E-state index contributed by atoms with van der Waals surface area (Å²) in [6.07, 6.45) is 2.68. The van der Waals surface area contributed by atoms with Crippen LogP contribution < -0.4 is 10.6 Å². The first-order valence-electron chi connectivity index (χ1n) is 10.8. The molecule has 1 fully saturated rings. The molecular formula is C24H28N4O3. The van der Waals surface area contributed by atoms with Crippen LogP contribution in [-0.2, 0) is 22.5 Å². The Kier molecular flexibility index (Phi) is 6.62. The van der Waals surface area contributed by atoms with Crippen molar-refractivity contribution in [3.63, 3.8) is 0 Å². The van der Waals surface area contributed by atoms with Gasteiger partial charge in [-0.1, -0.05) is 29.8 Å². The predicted molar refractivity (Wildman–Crippen MR) is 119 cm³/mol. The molecule has 162 valence electrons. The molecule has 1 atom stereocenters. The molecule has 3 aromatic rings. The Morgan fingerprint density at radius 1 is 1.13 bits per heavy atom. The zero-order valence-corrected chi connectivity index (χ0v) is 17.8. The van der Waals surface area contributed by atoms with E-state index in [0.29, 0.717) is 25.1 Å². The molecule has 1 aliphatic rings. The van der Waals surface area contributed by atoms with E-state index in [0.717, 1.165) is 41.9 Å². The van der Waals surface area contributed by atoms with Gasteiger partial charge in [-0.15, -0.1) is 0 Å². The number of amides is 2. The van der Waals surface area contributed by atoms with Crippen LogP contribution in [0.3, 0.4) is 0 Å². The third kappa shape index (κ3) is 5.30. The maximum absolute atomic E-state index is 12.6. The highest BCUT2D eigenvalue weighted by Crippen LogP contribution is 2.17. The van der Waals surface area contributed by atoms with Crippen molar-refractivity contribution in [2.45, 2.75) is 38.8 Å². The van der Waals surface area contributed by atoms with Crippen molar-refractivity contribution in [1.82, 2.24) is 20.2 Å². The Morgan fingerprint density at radius 2 is 1.94 bits per heavy atom. The van der Waals surface area contributed by atoms with Crippen molar-refractivity contribution in [2.75, 3.05) is 19.7 Å². The highest BCUT2D eigenvalue weighted by atomic mass is 16.5. The third-order valence-corrected chi connectivity index (χ3v) is 5.53. The molecule has 2 aromatic carbocycles. The number of carbonyl (C=O) groups excluding carboxylic acids is 2. The van der Waals surface area contributed by atoms with Crippen LogP contribution in [0.25, 0.3) is 11.0 Å². The van der Waals surface area contributed by atoms with Gasteiger partial charge >= 0.3 is 0 Å². The van der Waals surface area contributed by atoms with E-state index in [4.69, 9.17) is 9.72 Å². The molecule has 0 saturated carbocycles. The lowest BCUT2D eigenvalue weighted by Crippen LogP contribution is -2.34. The summed E-state index contributed by atoms with van der Waals surface area (Å²) in [6, 6.07) is 15.2. The van der Waals surface area contributed by atoms with Crippen LogP contribution in [0.1, 0.15) is 34.6 Å². The third-order valence-electron chi connectivity index (χ3n) is 5.53. The van der Waals surface area contributed by atoms with E-state index >= 15 is 0 Å². The summed E-state index contributed by atoms with van der Waals surface area (Å²) in [5.41, 5.74) is 3.50. The second-order valence-electron chi connectivity index (χ2n) is 7.91. The van der Waals surface area contributed by atoms with Crippen LogP contribution in [0.5, 0.6) is 0 Å². The van der Waals surface area contributed by atoms with Crippen molar-refractivity contribution >= 4 is 22.8 Å². The van der Waals surface area contributed by atoms with Crippen LogP contribution in [-0.4, -0.2) is 47.2 Å². The van der Waals surface area contributed by atoms with E-state index in [1.165, 1.54) is 0 Å². The monoisotopic (exact) mass is 420 g/mol. The molecule has 31 heavy (non-hydrogen) atoms. The van der Waals surface area contributed by atoms with Gasteiger partial charge in [-0.3, -0.25) is 9.59 Å². The SMILES string of the molecule is Cc1ccc(C(=O)NCCc2nc3ccccc3n2CC(=O)NCC2CCCO2)cc1. The van der Waals surface area contributed by atoms with Gasteiger partial charge in [0.05, 0.1) is 17.1 Å². The normalized spacial score (nSPS) is 15.8. The molecule has 0 spiro atoms. The summed E-state index contributed by atoms with van der Waals surface area (Å²) in [5, 5.41) is 5.92. The lowest BCUT2D eigenvalue weighted by Gasteiger charge is -2.13. The van der Waals surface area contributed by atoms with Gasteiger partial charge < -0.3 is 19.9 Å². The lowest BCUT2D eigenvalue weighted by molar-refractivity contribution is -0.122. The predicted octanol–water partition coefficient (Wildman–Crippen LogP) is 2.61. The number of fused-ring (bicyclic) bond motifs is 1. The van der Waals surface area contributed by atoms with Crippen molar-refractivity contribution in [2.24, 2.45) is 0 Å². The number of nitrogens with one attached hydrogen (secondary N) is 2. The first kappa shape index (κ1) is 21.1. The molecule has 4 rings (SSSR count). The van der Waals surface area contributed by atoms with Crippen molar-refractivity contribution < 1.29 is 14.3 Å². The fraction of sp³-hybridized carbons (Fsp3) is 0.375. The Hall–Kier alpha value is -3.19. The summed E-state index contributed by atoms with van der Waals surface area (Å²) >= 11 is 0. The fourth-order valence-corrected chi connectivity index (χ4v) is 3.82. The average Bonchev–Trinajstić information content (AvgIpc) is 3.41. The molecule has 0 aliphatic carbocycles. The van der Waals surface area contributed by atoms with Gasteiger partial charge in [0.2, 0.25) is 5.91 Å². The second-order valence-corrected chi connectivity index (χ2v) is 7.91. The van der Waals surface area contributed by atoms with Gasteiger partial charge in [0, 0.05) is 31.7 Å². The minimum atomic E-state index is -0.114. The van der Waals surface area contributed by atoms with E-state index < -0.39 is 0 Å². The number of aromatic nitrogens is 2. The number of ether oxygens (including phenoxy) is 1. The minimum absolute atomic E-state index is 0.0661. The molecule has 0 radical (unpaired) electrons. The molecule has 2 N–H and O–H groups in total. The summed E-state index contributed by atoms with van der Waals surface area (Å²) in [4.78, 5) is 29.6. The molecule has 1 aromatic heterocycles. The maximum atomic E-state index is 12.6. The minimum Gasteiger partial charge on any atom is -0.376 e. The van der Waals surface area contributed by atoms with E-state index in [1.54, 1.807) is 0 Å². The van der Waals surface area contributed by atoms with Gasteiger partial charge in [0.25, 0.3) is 5.91 Å². The number of benzene rings is 2. The quantitative estimate of drug-likeness (QED) is 0.587. The van der Waals surface area contributed by atoms with Crippen LogP contribution in [0.4, 0.5) is 0 Å². The molecule has 1 saturated heterocycles. The van der Waals surface area contributed by atoms with Crippen molar-refractivity contribution in [3.8, 4) is 0 Å². The Bertz CT molecular complexity index is 1050. The Morgan fingerprint density at radius 3 is 2.71 bits per heavy atom. The zero-order chi connectivity index (χ0) is 21.6. The smallest absolute Gasteiger partial charge is 0.251 e. The summed E-state index contributed by atoms with van der Waals surface area (Å²) in [5.74, 6) is 0.596. The summed E-state index contributed by atoms with van der Waals surface area (Å²) in [7, 11) is 0. The molecule has 1 aliphatic heterocycles. The number of hydrogen-bond acceptors (Lipinski definition) is 4. The van der Waals surface area contributed by atoms with Crippen LogP contribution >= 0.6 is 0 Å². The van der Waals surface area contributed by atoms with Crippen molar-refractivity contribution in [1.29, 1.82) is 0 Å². The standard InChI is InChI=1S/C24H28N4O3/c1-17-8-10-18(11-9-17)24(30)25-13-12-22-27-20-6-2-3-7-21(20)28(22)16-23(29)26-15-19-5-4-14-31-19/h2-3,6-11,19H,4-5,12-16H2,1H3,(H,25,30)(H,26,29). The van der Waals surface area contributed by atoms with Gasteiger partial charge in [-0.2, -0.15) is 0 Å². The number of nitrogens with zero attached hydrogens (tertiary/aromatic N) is 2. The maximum Gasteiger partial charge on any atom is 0.251 e. The molecule has 7 nitrogen and oxygen atoms in total. The first-order valence-corrected chi connectivity index (χ1v) is 10.8. The van der Waals surface area contributed by atoms with E-state index in [9.17, 15) is 9.59 Å².